The number of nitrogens with zero attached hydrogens (tertiary/aromatic N) is 2. The summed E-state index contributed by atoms with van der Waals surface area (Å²) in [5, 5.41) is 19.0. The Labute approximate surface area is 188 Å². The van der Waals surface area contributed by atoms with Gasteiger partial charge in [0, 0.05) is 17.8 Å². The number of aliphatic carboxylic acids is 1. The predicted octanol–water partition coefficient (Wildman–Crippen LogP) is 5.16. The van der Waals surface area contributed by atoms with E-state index in [1.807, 2.05) is 6.07 Å². The monoisotopic (exact) mass is 447 g/mol. The average Bonchev–Trinajstić information content (AvgIpc) is 3.25. The summed E-state index contributed by atoms with van der Waals surface area (Å²) in [7, 11) is 0. The Morgan fingerprint density at radius 1 is 1.06 bits per heavy atom. The molecule has 0 aliphatic heterocycles. The highest BCUT2D eigenvalue weighted by molar-refractivity contribution is 5.84. The number of imidazole rings is 1. The number of halogens is 1. The smallest absolute Gasteiger partial charge is 0.306 e. The predicted molar refractivity (Wildman–Crippen MR) is 120 cm³/mol. The molecule has 0 amide bonds. The number of carboxylic acid groups (broad SMARTS) is 1. The summed E-state index contributed by atoms with van der Waals surface area (Å²) in [4.78, 5) is 22.8. The van der Waals surface area contributed by atoms with E-state index in [0.717, 1.165) is 5.56 Å². The fourth-order valence-corrected chi connectivity index (χ4v) is 4.25. The van der Waals surface area contributed by atoms with Crippen LogP contribution in [0.3, 0.4) is 0 Å². The first-order valence-corrected chi connectivity index (χ1v) is 10.8. The van der Waals surface area contributed by atoms with Gasteiger partial charge in [-0.25, -0.2) is 14.4 Å². The lowest BCUT2D eigenvalue weighted by atomic mass is 9.87. The quantitative estimate of drug-likeness (QED) is 0.390. The number of carbonyl (C=O) groups is 1. The first kappa shape index (κ1) is 20.9. The minimum atomic E-state index is -0.743. The minimum absolute atomic E-state index is 0.0374. The van der Waals surface area contributed by atoms with Gasteiger partial charge in [0.15, 0.2) is 0 Å². The summed E-state index contributed by atoms with van der Waals surface area (Å²) in [6, 6.07) is 13.4. The van der Waals surface area contributed by atoms with Crippen molar-refractivity contribution in [2.75, 3.05) is 0 Å². The Morgan fingerprint density at radius 2 is 1.85 bits per heavy atom. The van der Waals surface area contributed by atoms with E-state index in [1.54, 1.807) is 36.5 Å². The number of aromatic amines is 1. The van der Waals surface area contributed by atoms with Crippen LogP contribution in [-0.4, -0.2) is 37.2 Å². The molecule has 8 heteroatoms. The van der Waals surface area contributed by atoms with E-state index in [2.05, 4.69) is 15.0 Å². The van der Waals surface area contributed by atoms with Gasteiger partial charge in [-0.3, -0.25) is 4.79 Å². The Hall–Kier alpha value is -3.94. The van der Waals surface area contributed by atoms with Gasteiger partial charge in [-0.2, -0.15) is 0 Å². The fourth-order valence-electron chi connectivity index (χ4n) is 4.25. The molecule has 1 aliphatic rings. The molecule has 4 aromatic rings. The number of para-hydroxylation sites is 1. The first-order valence-electron chi connectivity index (χ1n) is 10.8. The number of aromatic hydroxyl groups is 1. The normalized spacial score (nSPS) is 18.3. The summed E-state index contributed by atoms with van der Waals surface area (Å²) < 4.78 is 20.8. The maximum absolute atomic E-state index is 14.9. The van der Waals surface area contributed by atoms with Crippen molar-refractivity contribution in [3.63, 3.8) is 0 Å². The highest BCUT2D eigenvalue weighted by atomic mass is 19.1. The number of aromatic nitrogens is 3. The average molecular weight is 447 g/mol. The van der Waals surface area contributed by atoms with Crippen LogP contribution in [0, 0.1) is 11.7 Å². The van der Waals surface area contributed by atoms with Crippen LogP contribution in [0.1, 0.15) is 25.7 Å². The van der Waals surface area contributed by atoms with Gasteiger partial charge in [0.2, 0.25) is 5.88 Å². The molecule has 2 aromatic carbocycles. The second kappa shape index (κ2) is 8.54. The Kier molecular flexibility index (Phi) is 5.42. The molecule has 2 heterocycles. The number of fused-ring (bicyclic) bond motifs is 1. The summed E-state index contributed by atoms with van der Waals surface area (Å²) >= 11 is 0. The van der Waals surface area contributed by atoms with Crippen LogP contribution < -0.4 is 4.74 Å². The highest BCUT2D eigenvalue weighted by Crippen LogP contribution is 2.31. The van der Waals surface area contributed by atoms with Gasteiger partial charge in [0.1, 0.15) is 29.0 Å². The number of pyridine rings is 1. The summed E-state index contributed by atoms with van der Waals surface area (Å²) in [5.74, 6) is -0.625. The van der Waals surface area contributed by atoms with Crippen LogP contribution in [0.4, 0.5) is 4.39 Å². The van der Waals surface area contributed by atoms with E-state index in [4.69, 9.17) is 9.84 Å². The van der Waals surface area contributed by atoms with E-state index < -0.39 is 11.8 Å². The Balaban J connectivity index is 1.30. The molecule has 5 rings (SSSR count). The number of nitrogens with one attached hydrogen (secondary N) is 1. The molecule has 0 radical (unpaired) electrons. The number of carboxylic acids is 1. The fraction of sp³-hybridized carbons (Fsp3) is 0.240. The van der Waals surface area contributed by atoms with Crippen molar-refractivity contribution >= 4 is 17.0 Å². The van der Waals surface area contributed by atoms with Crippen molar-refractivity contribution in [1.29, 1.82) is 0 Å². The molecular weight excluding hydrogens is 425 g/mol. The molecule has 33 heavy (non-hydrogen) atoms. The molecule has 2 aromatic heterocycles. The van der Waals surface area contributed by atoms with Gasteiger partial charge in [0.05, 0.1) is 17.0 Å². The van der Waals surface area contributed by atoms with Crippen molar-refractivity contribution in [3.8, 4) is 34.1 Å². The molecular formula is C25H22FN3O4. The molecule has 0 spiro atoms. The molecule has 0 bridgehead atoms. The van der Waals surface area contributed by atoms with Gasteiger partial charge in [0.25, 0.3) is 0 Å². The van der Waals surface area contributed by atoms with Crippen molar-refractivity contribution in [3.05, 3.63) is 60.5 Å². The molecule has 1 saturated carbocycles. The van der Waals surface area contributed by atoms with Crippen molar-refractivity contribution in [2.45, 2.75) is 31.8 Å². The molecule has 1 aliphatic carbocycles. The van der Waals surface area contributed by atoms with Crippen LogP contribution in [-0.2, 0) is 4.79 Å². The third-order valence-electron chi connectivity index (χ3n) is 6.10. The van der Waals surface area contributed by atoms with Gasteiger partial charge < -0.3 is 19.9 Å². The molecule has 7 nitrogen and oxygen atoms in total. The van der Waals surface area contributed by atoms with Crippen molar-refractivity contribution in [2.24, 2.45) is 5.92 Å². The third kappa shape index (κ3) is 4.24. The van der Waals surface area contributed by atoms with Crippen molar-refractivity contribution < 1.29 is 24.1 Å². The first-order chi connectivity index (χ1) is 16.0. The van der Waals surface area contributed by atoms with Crippen LogP contribution in [0.5, 0.6) is 11.6 Å². The van der Waals surface area contributed by atoms with E-state index in [9.17, 15) is 14.3 Å². The molecule has 0 atom stereocenters. The SMILES string of the molecule is O=C(O)C1CCC(Oc2ccc(-c3ccc(-c4nc5c(O)cccc5[nH]4)c(F)c3)cn2)CC1. The lowest BCUT2D eigenvalue weighted by molar-refractivity contribution is -0.143. The van der Waals surface area contributed by atoms with E-state index in [-0.39, 0.29) is 17.8 Å². The number of ether oxygens (including phenoxy) is 1. The zero-order chi connectivity index (χ0) is 22.9. The minimum Gasteiger partial charge on any atom is -0.506 e. The van der Waals surface area contributed by atoms with Gasteiger partial charge in [-0.15, -0.1) is 0 Å². The molecule has 0 saturated heterocycles. The summed E-state index contributed by atoms with van der Waals surface area (Å²) in [6.07, 6.45) is 4.17. The molecule has 3 N–H and O–H groups in total. The largest absolute Gasteiger partial charge is 0.506 e. The number of H-pyrrole nitrogens is 1. The van der Waals surface area contributed by atoms with Gasteiger partial charge >= 0.3 is 5.97 Å². The topological polar surface area (TPSA) is 108 Å². The van der Waals surface area contributed by atoms with Crippen LogP contribution in [0.25, 0.3) is 33.5 Å². The molecule has 168 valence electrons. The van der Waals surface area contributed by atoms with E-state index >= 15 is 0 Å². The van der Waals surface area contributed by atoms with Crippen LogP contribution in [0.2, 0.25) is 0 Å². The lowest BCUT2D eigenvalue weighted by Gasteiger charge is -2.26. The highest BCUT2D eigenvalue weighted by Gasteiger charge is 2.27. The maximum atomic E-state index is 14.9. The zero-order valence-corrected chi connectivity index (χ0v) is 17.7. The van der Waals surface area contributed by atoms with Gasteiger partial charge in [-0.1, -0.05) is 12.1 Å². The summed E-state index contributed by atoms with van der Waals surface area (Å²) in [5.41, 5.74) is 2.73. The second-order valence-electron chi connectivity index (χ2n) is 8.27. The molecule has 1 fully saturated rings. The Morgan fingerprint density at radius 3 is 2.52 bits per heavy atom. The standard InChI is InChI=1S/C25H22FN3O4/c26-19-12-15(6-10-18(19)24-28-20-2-1-3-21(30)23(20)29-24)16-7-11-22(27-13-16)33-17-8-4-14(5-9-17)25(31)32/h1-3,6-7,10-14,17,30H,4-5,8-9H2,(H,28,29)(H,31,32). The summed E-state index contributed by atoms with van der Waals surface area (Å²) in [6.45, 7) is 0. The number of hydrogen-bond donors (Lipinski definition) is 3. The second-order valence-corrected chi connectivity index (χ2v) is 8.27. The number of phenols is 1. The van der Waals surface area contributed by atoms with Crippen molar-refractivity contribution in [1.82, 2.24) is 15.0 Å². The maximum Gasteiger partial charge on any atom is 0.306 e. The van der Waals surface area contributed by atoms with Crippen LogP contribution >= 0.6 is 0 Å². The van der Waals surface area contributed by atoms with Gasteiger partial charge in [-0.05, 0) is 61.6 Å². The number of benzene rings is 2. The Bertz CT molecular complexity index is 1310. The zero-order valence-electron chi connectivity index (χ0n) is 17.7. The van der Waals surface area contributed by atoms with Crippen LogP contribution in [0.15, 0.2) is 54.7 Å². The van der Waals surface area contributed by atoms with E-state index in [1.165, 1.54) is 12.1 Å². The lowest BCUT2D eigenvalue weighted by Crippen LogP contribution is -2.28. The number of phenolic OH excluding ortho intramolecular Hbond substituents is 1. The van der Waals surface area contributed by atoms with E-state index in [0.29, 0.717) is 59.5 Å². The number of rotatable bonds is 5. The molecule has 0 unspecified atom stereocenters. The number of hydrogen-bond acceptors (Lipinski definition) is 5. The third-order valence-corrected chi connectivity index (χ3v) is 6.10.